The minimum Gasteiger partial charge on any atom is -0.496 e. The van der Waals surface area contributed by atoms with Gasteiger partial charge in [-0.1, -0.05) is 30.3 Å². The fourth-order valence-corrected chi connectivity index (χ4v) is 4.13. The van der Waals surface area contributed by atoms with Crippen molar-refractivity contribution in [2.24, 2.45) is 0 Å². The highest BCUT2D eigenvalue weighted by Gasteiger charge is 2.20. The van der Waals surface area contributed by atoms with Crippen molar-refractivity contribution >= 4 is 10.0 Å². The summed E-state index contributed by atoms with van der Waals surface area (Å²) in [6.07, 6.45) is 1.88. The third-order valence-electron chi connectivity index (χ3n) is 4.60. The summed E-state index contributed by atoms with van der Waals surface area (Å²) in [4.78, 5) is 0.272. The van der Waals surface area contributed by atoms with Crippen molar-refractivity contribution < 1.29 is 17.9 Å². The van der Waals surface area contributed by atoms with Crippen LogP contribution in [0.4, 0.5) is 0 Å². The molecule has 2 N–H and O–H groups in total. The number of nitrogens with one attached hydrogen (secondary N) is 2. The standard InChI is InChI=1S/C20H26N2O4S/c1-25-20-7-3-2-5-17(20)14-21-13-16-8-10-19(11-9-16)27(23,24)22-15-18-6-4-12-26-18/h2-3,5,7-11,18,21-22H,4,6,12-15H2,1H3. The molecule has 0 radical (unpaired) electrons. The molecular weight excluding hydrogens is 364 g/mol. The van der Waals surface area contributed by atoms with Gasteiger partial charge in [0, 0.05) is 31.8 Å². The zero-order valence-corrected chi connectivity index (χ0v) is 16.3. The molecule has 1 heterocycles. The van der Waals surface area contributed by atoms with E-state index in [9.17, 15) is 8.42 Å². The predicted molar refractivity (Wildman–Crippen MR) is 104 cm³/mol. The molecule has 0 amide bonds. The first kappa shape index (κ1) is 19.8. The molecule has 0 bridgehead atoms. The van der Waals surface area contributed by atoms with E-state index in [1.165, 1.54) is 0 Å². The molecule has 1 aliphatic heterocycles. The second-order valence-electron chi connectivity index (χ2n) is 6.55. The lowest BCUT2D eigenvalue weighted by Crippen LogP contribution is -2.31. The van der Waals surface area contributed by atoms with E-state index in [1.54, 1.807) is 19.2 Å². The highest BCUT2D eigenvalue weighted by Crippen LogP contribution is 2.17. The average molecular weight is 391 g/mol. The fraction of sp³-hybridized carbons (Fsp3) is 0.400. The maximum Gasteiger partial charge on any atom is 0.240 e. The average Bonchev–Trinajstić information content (AvgIpc) is 3.21. The molecule has 2 aromatic carbocycles. The first-order valence-electron chi connectivity index (χ1n) is 9.11. The van der Waals surface area contributed by atoms with Gasteiger partial charge in [-0.3, -0.25) is 0 Å². The SMILES string of the molecule is COc1ccccc1CNCc1ccc(S(=O)(=O)NCC2CCCO2)cc1. The maximum atomic E-state index is 12.4. The summed E-state index contributed by atoms with van der Waals surface area (Å²) in [6.45, 7) is 2.35. The van der Waals surface area contributed by atoms with Crippen molar-refractivity contribution in [1.29, 1.82) is 0 Å². The summed E-state index contributed by atoms with van der Waals surface area (Å²) in [6, 6.07) is 14.8. The molecule has 0 aromatic heterocycles. The number of hydrogen-bond donors (Lipinski definition) is 2. The van der Waals surface area contributed by atoms with Gasteiger partial charge in [-0.05, 0) is 36.6 Å². The van der Waals surface area contributed by atoms with Gasteiger partial charge in [0.1, 0.15) is 5.75 Å². The lowest BCUT2D eigenvalue weighted by molar-refractivity contribution is 0.114. The van der Waals surface area contributed by atoms with Gasteiger partial charge in [0.15, 0.2) is 0 Å². The predicted octanol–water partition coefficient (Wildman–Crippen LogP) is 2.44. The molecule has 0 aliphatic carbocycles. The molecule has 3 rings (SSSR count). The molecule has 6 nitrogen and oxygen atoms in total. The van der Waals surface area contributed by atoms with E-state index < -0.39 is 10.0 Å². The quantitative estimate of drug-likeness (QED) is 0.688. The van der Waals surface area contributed by atoms with E-state index in [-0.39, 0.29) is 11.0 Å². The molecule has 1 aliphatic rings. The van der Waals surface area contributed by atoms with E-state index in [0.717, 1.165) is 29.7 Å². The number of rotatable bonds is 9. The Morgan fingerprint density at radius 1 is 1.11 bits per heavy atom. The Hall–Kier alpha value is -1.93. The number of methoxy groups -OCH3 is 1. The lowest BCUT2D eigenvalue weighted by atomic mass is 10.2. The zero-order valence-electron chi connectivity index (χ0n) is 15.5. The van der Waals surface area contributed by atoms with Gasteiger partial charge < -0.3 is 14.8 Å². The normalized spacial score (nSPS) is 17.1. The first-order valence-corrected chi connectivity index (χ1v) is 10.6. The number of benzene rings is 2. The molecule has 146 valence electrons. The molecule has 7 heteroatoms. The van der Waals surface area contributed by atoms with Crippen LogP contribution in [0.15, 0.2) is 53.4 Å². The molecule has 27 heavy (non-hydrogen) atoms. The summed E-state index contributed by atoms with van der Waals surface area (Å²) in [5, 5.41) is 3.35. The van der Waals surface area contributed by atoms with Crippen LogP contribution >= 0.6 is 0 Å². The minimum atomic E-state index is -3.50. The smallest absolute Gasteiger partial charge is 0.240 e. The summed E-state index contributed by atoms with van der Waals surface area (Å²) < 4.78 is 38.2. The zero-order chi connectivity index (χ0) is 19.1. The number of ether oxygens (including phenoxy) is 2. The minimum absolute atomic E-state index is 0.0155. The van der Waals surface area contributed by atoms with Gasteiger partial charge in [0.05, 0.1) is 18.1 Å². The third kappa shape index (κ3) is 5.52. The fourth-order valence-electron chi connectivity index (χ4n) is 3.07. The van der Waals surface area contributed by atoms with Crippen molar-refractivity contribution in [2.45, 2.75) is 36.9 Å². The molecule has 0 saturated carbocycles. The second kappa shape index (κ2) is 9.32. The van der Waals surface area contributed by atoms with Crippen LogP contribution in [-0.2, 0) is 27.8 Å². The van der Waals surface area contributed by atoms with E-state index >= 15 is 0 Å². The highest BCUT2D eigenvalue weighted by atomic mass is 32.2. The summed E-state index contributed by atoms with van der Waals surface area (Å²) in [7, 11) is -1.85. The van der Waals surface area contributed by atoms with Crippen molar-refractivity contribution in [2.75, 3.05) is 20.3 Å². The van der Waals surface area contributed by atoms with Crippen LogP contribution in [-0.4, -0.2) is 34.8 Å². The van der Waals surface area contributed by atoms with Crippen LogP contribution in [0, 0.1) is 0 Å². The van der Waals surface area contributed by atoms with Crippen LogP contribution in [0.1, 0.15) is 24.0 Å². The van der Waals surface area contributed by atoms with Crippen LogP contribution in [0.2, 0.25) is 0 Å². The van der Waals surface area contributed by atoms with E-state index in [0.29, 0.717) is 26.2 Å². The Bertz CT molecular complexity index is 831. The molecule has 1 saturated heterocycles. The van der Waals surface area contributed by atoms with Crippen LogP contribution in [0.25, 0.3) is 0 Å². The van der Waals surface area contributed by atoms with Crippen molar-refractivity contribution in [3.63, 3.8) is 0 Å². The van der Waals surface area contributed by atoms with Crippen LogP contribution in [0.5, 0.6) is 5.75 Å². The van der Waals surface area contributed by atoms with Crippen molar-refractivity contribution in [1.82, 2.24) is 10.0 Å². The molecule has 2 aromatic rings. The molecule has 1 fully saturated rings. The number of hydrogen-bond acceptors (Lipinski definition) is 5. The Morgan fingerprint density at radius 2 is 1.89 bits per heavy atom. The van der Waals surface area contributed by atoms with E-state index in [4.69, 9.17) is 9.47 Å². The van der Waals surface area contributed by atoms with Crippen LogP contribution < -0.4 is 14.8 Å². The summed E-state index contributed by atoms with van der Waals surface area (Å²) in [5.74, 6) is 0.851. The van der Waals surface area contributed by atoms with Crippen molar-refractivity contribution in [3.8, 4) is 5.75 Å². The number of sulfonamides is 1. The Morgan fingerprint density at radius 3 is 2.59 bits per heavy atom. The number of para-hydroxylation sites is 1. The van der Waals surface area contributed by atoms with Gasteiger partial charge in [0.2, 0.25) is 10.0 Å². The topological polar surface area (TPSA) is 76.7 Å². The Kier molecular flexibility index (Phi) is 6.84. The van der Waals surface area contributed by atoms with Crippen LogP contribution in [0.3, 0.4) is 0 Å². The lowest BCUT2D eigenvalue weighted by Gasteiger charge is -2.12. The van der Waals surface area contributed by atoms with Gasteiger partial charge in [-0.15, -0.1) is 0 Å². The molecular formula is C20H26N2O4S. The largest absolute Gasteiger partial charge is 0.496 e. The molecule has 0 spiro atoms. The van der Waals surface area contributed by atoms with Gasteiger partial charge >= 0.3 is 0 Å². The molecule has 1 atom stereocenters. The van der Waals surface area contributed by atoms with Gasteiger partial charge in [-0.2, -0.15) is 0 Å². The Balaban J connectivity index is 1.52. The third-order valence-corrected chi connectivity index (χ3v) is 6.04. The monoisotopic (exact) mass is 390 g/mol. The molecule has 1 unspecified atom stereocenters. The van der Waals surface area contributed by atoms with E-state index in [1.807, 2.05) is 36.4 Å². The highest BCUT2D eigenvalue weighted by molar-refractivity contribution is 7.89. The van der Waals surface area contributed by atoms with E-state index in [2.05, 4.69) is 10.0 Å². The van der Waals surface area contributed by atoms with Gasteiger partial charge in [0.25, 0.3) is 0 Å². The van der Waals surface area contributed by atoms with Gasteiger partial charge in [-0.25, -0.2) is 13.1 Å². The van der Waals surface area contributed by atoms with Crippen molar-refractivity contribution in [3.05, 3.63) is 59.7 Å². The summed E-state index contributed by atoms with van der Waals surface area (Å²) in [5.41, 5.74) is 2.10. The Labute approximate surface area is 160 Å². The maximum absolute atomic E-state index is 12.4. The summed E-state index contributed by atoms with van der Waals surface area (Å²) >= 11 is 0. The first-order chi connectivity index (χ1) is 13.1. The second-order valence-corrected chi connectivity index (χ2v) is 8.31.